The predicted molar refractivity (Wildman–Crippen MR) is 54.3 cm³/mol. The zero-order valence-electron chi connectivity index (χ0n) is 8.66. The van der Waals surface area contributed by atoms with Gasteiger partial charge in [0.2, 0.25) is 0 Å². The number of rotatable bonds is 5. The summed E-state index contributed by atoms with van der Waals surface area (Å²) in [6.45, 7) is 1.84. The molecule has 0 aromatic carbocycles. The minimum absolute atomic E-state index is 0.106. The smallest absolute Gasteiger partial charge is 0.352 e. The van der Waals surface area contributed by atoms with Gasteiger partial charge in [-0.05, 0) is 5.92 Å². The number of carboxylic acid groups (broad SMARTS) is 1. The molecule has 2 N–H and O–H groups in total. The fourth-order valence-corrected chi connectivity index (χ4v) is 1.32. The average molecular weight is 228 g/mol. The third kappa shape index (κ3) is 2.57. The highest BCUT2D eigenvalue weighted by Gasteiger charge is 2.19. The van der Waals surface area contributed by atoms with Crippen LogP contribution in [0.1, 0.15) is 17.4 Å². The van der Waals surface area contributed by atoms with Gasteiger partial charge in [-0.2, -0.15) is 0 Å². The van der Waals surface area contributed by atoms with Crippen molar-refractivity contribution in [1.82, 2.24) is 4.57 Å². The Morgan fingerprint density at radius 1 is 1.69 bits per heavy atom. The van der Waals surface area contributed by atoms with Crippen molar-refractivity contribution in [3.05, 3.63) is 28.1 Å². The van der Waals surface area contributed by atoms with E-state index in [4.69, 9.17) is 10.2 Å². The minimum Gasteiger partial charge on any atom is -0.477 e. The number of carbonyl (C=O) groups is 1. The molecule has 88 valence electrons. The number of nitro groups is 1. The molecule has 1 aromatic rings. The molecule has 0 radical (unpaired) electrons. The van der Waals surface area contributed by atoms with Gasteiger partial charge < -0.3 is 14.8 Å². The Kier molecular flexibility index (Phi) is 3.62. The normalized spacial score (nSPS) is 12.4. The average Bonchev–Trinajstić information content (AvgIpc) is 2.61. The molecule has 0 saturated carbocycles. The molecule has 0 spiro atoms. The van der Waals surface area contributed by atoms with Crippen LogP contribution in [-0.2, 0) is 6.54 Å². The Morgan fingerprint density at radius 3 is 2.75 bits per heavy atom. The number of carboxylic acids is 1. The molecule has 7 heteroatoms. The van der Waals surface area contributed by atoms with Crippen molar-refractivity contribution in [1.29, 1.82) is 0 Å². The van der Waals surface area contributed by atoms with Crippen LogP contribution >= 0.6 is 0 Å². The van der Waals surface area contributed by atoms with Gasteiger partial charge in [0.25, 0.3) is 5.69 Å². The van der Waals surface area contributed by atoms with E-state index in [0.29, 0.717) is 0 Å². The zero-order chi connectivity index (χ0) is 12.3. The van der Waals surface area contributed by atoms with Crippen LogP contribution in [0.2, 0.25) is 0 Å². The van der Waals surface area contributed by atoms with Gasteiger partial charge in [0, 0.05) is 19.2 Å². The molecule has 0 fully saturated rings. The largest absolute Gasteiger partial charge is 0.477 e. The van der Waals surface area contributed by atoms with Gasteiger partial charge in [-0.3, -0.25) is 10.1 Å². The van der Waals surface area contributed by atoms with Crippen molar-refractivity contribution in [3.8, 4) is 0 Å². The lowest BCUT2D eigenvalue weighted by Crippen LogP contribution is -2.14. The third-order valence-electron chi connectivity index (χ3n) is 2.13. The lowest BCUT2D eigenvalue weighted by atomic mass is 10.2. The van der Waals surface area contributed by atoms with Crippen molar-refractivity contribution in [2.24, 2.45) is 5.92 Å². The van der Waals surface area contributed by atoms with E-state index >= 15 is 0 Å². The van der Waals surface area contributed by atoms with Crippen molar-refractivity contribution >= 4 is 11.7 Å². The van der Waals surface area contributed by atoms with Crippen LogP contribution in [0.5, 0.6) is 0 Å². The van der Waals surface area contributed by atoms with E-state index in [-0.39, 0.29) is 30.5 Å². The summed E-state index contributed by atoms with van der Waals surface area (Å²) in [7, 11) is 0. The highest BCUT2D eigenvalue weighted by Crippen LogP contribution is 2.17. The molecule has 1 atom stereocenters. The number of aromatic carboxylic acids is 1. The molecule has 1 unspecified atom stereocenters. The van der Waals surface area contributed by atoms with Crippen LogP contribution in [0.15, 0.2) is 12.3 Å². The molecule has 0 bridgehead atoms. The summed E-state index contributed by atoms with van der Waals surface area (Å²) >= 11 is 0. The number of nitrogens with zero attached hydrogens (tertiary/aromatic N) is 2. The lowest BCUT2D eigenvalue weighted by molar-refractivity contribution is -0.384. The van der Waals surface area contributed by atoms with Gasteiger partial charge in [-0.15, -0.1) is 0 Å². The number of hydrogen-bond donors (Lipinski definition) is 2. The Bertz CT molecular complexity index is 412. The number of hydrogen-bond acceptors (Lipinski definition) is 4. The number of aliphatic hydroxyl groups excluding tert-OH is 1. The van der Waals surface area contributed by atoms with E-state index in [2.05, 4.69) is 0 Å². The molecule has 1 rings (SSSR count). The molecule has 1 aromatic heterocycles. The summed E-state index contributed by atoms with van der Waals surface area (Å²) < 4.78 is 1.27. The maximum absolute atomic E-state index is 10.8. The number of aromatic nitrogens is 1. The quantitative estimate of drug-likeness (QED) is 0.570. The Balaban J connectivity index is 3.05. The van der Waals surface area contributed by atoms with Crippen molar-refractivity contribution in [2.45, 2.75) is 13.5 Å². The van der Waals surface area contributed by atoms with Gasteiger partial charge >= 0.3 is 5.97 Å². The second kappa shape index (κ2) is 4.75. The van der Waals surface area contributed by atoms with Crippen LogP contribution < -0.4 is 0 Å². The molecule has 0 amide bonds. The predicted octanol–water partition coefficient (Wildman–Crippen LogP) is 0.723. The lowest BCUT2D eigenvalue weighted by Gasteiger charge is -2.10. The monoisotopic (exact) mass is 228 g/mol. The van der Waals surface area contributed by atoms with Gasteiger partial charge in [0.1, 0.15) is 5.69 Å². The van der Waals surface area contributed by atoms with Crippen LogP contribution in [0, 0.1) is 16.0 Å². The van der Waals surface area contributed by atoms with E-state index in [9.17, 15) is 14.9 Å². The Hall–Kier alpha value is -1.89. The minimum atomic E-state index is -1.22. The first-order chi connectivity index (χ1) is 7.45. The van der Waals surface area contributed by atoms with Gasteiger partial charge in [0.05, 0.1) is 11.1 Å². The maximum atomic E-state index is 10.8. The molecular weight excluding hydrogens is 216 g/mol. The number of aliphatic hydroxyl groups is 1. The van der Waals surface area contributed by atoms with E-state index in [1.807, 2.05) is 0 Å². The third-order valence-corrected chi connectivity index (χ3v) is 2.13. The van der Waals surface area contributed by atoms with Crippen LogP contribution in [0.25, 0.3) is 0 Å². The summed E-state index contributed by atoms with van der Waals surface area (Å²) in [5.74, 6) is -1.39. The summed E-state index contributed by atoms with van der Waals surface area (Å²) in [5.41, 5.74) is -0.408. The molecule has 0 saturated heterocycles. The van der Waals surface area contributed by atoms with Gasteiger partial charge in [-0.1, -0.05) is 6.92 Å². The van der Waals surface area contributed by atoms with Crippen molar-refractivity contribution in [2.75, 3.05) is 6.61 Å². The van der Waals surface area contributed by atoms with E-state index in [0.717, 1.165) is 12.3 Å². The zero-order valence-corrected chi connectivity index (χ0v) is 8.66. The van der Waals surface area contributed by atoms with Gasteiger partial charge in [-0.25, -0.2) is 4.79 Å². The first-order valence-electron chi connectivity index (χ1n) is 4.64. The fourth-order valence-electron chi connectivity index (χ4n) is 1.32. The van der Waals surface area contributed by atoms with Crippen LogP contribution in [0.4, 0.5) is 5.69 Å². The molecule has 7 nitrogen and oxygen atoms in total. The Morgan fingerprint density at radius 2 is 2.31 bits per heavy atom. The topological polar surface area (TPSA) is 106 Å². The Labute approximate surface area is 91.1 Å². The molecular formula is C9H12N2O5. The maximum Gasteiger partial charge on any atom is 0.352 e. The SMILES string of the molecule is CC(CO)Cn1cc([N+](=O)[O-])cc1C(=O)O. The second-order valence-corrected chi connectivity index (χ2v) is 3.59. The molecule has 0 aliphatic heterocycles. The first kappa shape index (κ1) is 12.2. The summed E-state index contributed by atoms with van der Waals surface area (Å²) in [4.78, 5) is 20.7. The highest BCUT2D eigenvalue weighted by molar-refractivity contribution is 5.86. The first-order valence-corrected chi connectivity index (χ1v) is 4.64. The van der Waals surface area contributed by atoms with Crippen LogP contribution in [0.3, 0.4) is 0 Å². The summed E-state index contributed by atoms with van der Waals surface area (Å²) in [6.07, 6.45) is 1.16. The standard InChI is InChI=1S/C9H12N2O5/c1-6(5-12)3-10-4-7(11(15)16)2-8(10)9(13)14/h2,4,6,12H,3,5H2,1H3,(H,13,14). The van der Waals surface area contributed by atoms with E-state index < -0.39 is 10.9 Å². The highest BCUT2D eigenvalue weighted by atomic mass is 16.6. The molecule has 0 aliphatic rings. The fraction of sp³-hybridized carbons (Fsp3) is 0.444. The molecule has 0 aliphatic carbocycles. The van der Waals surface area contributed by atoms with E-state index in [1.165, 1.54) is 4.57 Å². The molecule has 16 heavy (non-hydrogen) atoms. The van der Waals surface area contributed by atoms with Crippen molar-refractivity contribution in [3.63, 3.8) is 0 Å². The summed E-state index contributed by atoms with van der Waals surface area (Å²) in [5, 5.41) is 28.2. The second-order valence-electron chi connectivity index (χ2n) is 3.59. The van der Waals surface area contributed by atoms with Crippen molar-refractivity contribution < 1.29 is 19.9 Å². The van der Waals surface area contributed by atoms with E-state index in [1.54, 1.807) is 6.92 Å². The summed E-state index contributed by atoms with van der Waals surface area (Å²) in [6, 6.07) is 1.01. The van der Waals surface area contributed by atoms with Gasteiger partial charge in [0.15, 0.2) is 0 Å². The van der Waals surface area contributed by atoms with Crippen LogP contribution in [-0.4, -0.2) is 32.3 Å². The molecule has 1 heterocycles.